The van der Waals surface area contributed by atoms with Crippen molar-refractivity contribution in [2.24, 2.45) is 0 Å². The van der Waals surface area contributed by atoms with Crippen LogP contribution < -0.4 is 0 Å². The number of fused-ring (bicyclic) bond motifs is 1. The minimum absolute atomic E-state index is 0.379. The van der Waals surface area contributed by atoms with E-state index in [1.165, 1.54) is 16.0 Å². The fourth-order valence-corrected chi connectivity index (χ4v) is 3.29. The van der Waals surface area contributed by atoms with E-state index in [0.29, 0.717) is 5.25 Å². The van der Waals surface area contributed by atoms with Crippen LogP contribution in [0.5, 0.6) is 0 Å². The van der Waals surface area contributed by atoms with Crippen LogP contribution in [0, 0.1) is 11.3 Å². The number of benzene rings is 1. The molecule has 2 rings (SSSR count). The van der Waals surface area contributed by atoms with E-state index in [1.807, 2.05) is 30.0 Å². The van der Waals surface area contributed by atoms with Crippen molar-refractivity contribution in [1.82, 2.24) is 0 Å². The molecule has 0 spiro atoms. The molecule has 0 radical (unpaired) electrons. The lowest BCUT2D eigenvalue weighted by Gasteiger charge is -2.21. The van der Waals surface area contributed by atoms with E-state index in [1.54, 1.807) is 0 Å². The molecular weight excluding hydrogens is 238 g/mol. The topological polar surface area (TPSA) is 23.8 Å². The third-order valence-electron chi connectivity index (χ3n) is 3.29. The second-order valence-electron chi connectivity index (χ2n) is 4.83. The molecule has 0 bridgehead atoms. The molecule has 2 heteroatoms. The molecule has 1 aromatic rings. The first-order valence-electron chi connectivity index (χ1n) is 6.12. The van der Waals surface area contributed by atoms with Crippen molar-refractivity contribution in [2.45, 2.75) is 37.3 Å². The first-order valence-corrected chi connectivity index (χ1v) is 7.00. The molecule has 1 atom stereocenters. The maximum Gasteiger partial charge on any atom is 0.0995 e. The van der Waals surface area contributed by atoms with Gasteiger partial charge in [0.2, 0.25) is 0 Å². The molecule has 1 aliphatic heterocycles. The van der Waals surface area contributed by atoms with Gasteiger partial charge in [0.1, 0.15) is 0 Å². The summed E-state index contributed by atoms with van der Waals surface area (Å²) < 4.78 is 0. The zero-order valence-electron chi connectivity index (χ0n) is 11.0. The van der Waals surface area contributed by atoms with Gasteiger partial charge in [0, 0.05) is 15.7 Å². The lowest BCUT2D eigenvalue weighted by atomic mass is 10.0. The van der Waals surface area contributed by atoms with Crippen molar-refractivity contribution in [1.29, 1.82) is 5.26 Å². The Hall–Kier alpha value is -1.46. The summed E-state index contributed by atoms with van der Waals surface area (Å²) in [5, 5.41) is 9.64. The molecule has 0 saturated heterocycles. The smallest absolute Gasteiger partial charge is 0.0995 e. The highest BCUT2D eigenvalue weighted by Gasteiger charge is 2.20. The first kappa shape index (κ1) is 13.0. The summed E-state index contributed by atoms with van der Waals surface area (Å²) in [7, 11) is 0. The molecule has 1 nitrogen and oxygen atoms in total. The van der Waals surface area contributed by atoms with Gasteiger partial charge in [-0.15, -0.1) is 11.8 Å². The Bertz CT molecular complexity index is 557. The van der Waals surface area contributed by atoms with Crippen molar-refractivity contribution in [3.05, 3.63) is 47.1 Å². The summed E-state index contributed by atoms with van der Waals surface area (Å²) in [6.45, 7) is 6.47. The van der Waals surface area contributed by atoms with Crippen LogP contribution in [0.15, 0.2) is 46.4 Å². The summed E-state index contributed by atoms with van der Waals surface area (Å²) >= 11 is 1.86. The maximum atomic E-state index is 9.26. The van der Waals surface area contributed by atoms with Crippen LogP contribution in [0.3, 0.4) is 0 Å². The van der Waals surface area contributed by atoms with E-state index < -0.39 is 0 Å². The Labute approximate surface area is 113 Å². The van der Waals surface area contributed by atoms with Crippen LogP contribution >= 0.6 is 11.8 Å². The molecule has 1 aromatic carbocycles. The van der Waals surface area contributed by atoms with Crippen molar-refractivity contribution >= 4 is 17.3 Å². The van der Waals surface area contributed by atoms with Crippen LogP contribution in [0.4, 0.5) is 0 Å². The van der Waals surface area contributed by atoms with Crippen molar-refractivity contribution in [3.8, 4) is 6.07 Å². The molecular formula is C16H17NS. The molecule has 18 heavy (non-hydrogen) atoms. The number of nitrogens with zero attached hydrogens (tertiary/aromatic N) is 1. The van der Waals surface area contributed by atoms with Crippen molar-refractivity contribution in [3.63, 3.8) is 0 Å². The number of rotatable bonds is 2. The molecule has 1 unspecified atom stereocenters. The van der Waals surface area contributed by atoms with Gasteiger partial charge >= 0.3 is 0 Å². The van der Waals surface area contributed by atoms with E-state index >= 15 is 0 Å². The fourth-order valence-electron chi connectivity index (χ4n) is 1.97. The van der Waals surface area contributed by atoms with E-state index in [2.05, 4.69) is 39.0 Å². The average Bonchev–Trinajstić information content (AvgIpc) is 2.37. The molecule has 0 N–H and O–H groups in total. The molecule has 0 fully saturated rings. The Morgan fingerprint density at radius 2 is 2.00 bits per heavy atom. The van der Waals surface area contributed by atoms with E-state index in [0.717, 1.165) is 17.6 Å². The molecule has 0 amide bonds. The van der Waals surface area contributed by atoms with Crippen LogP contribution in [0.1, 0.15) is 32.8 Å². The number of allylic oxidation sites excluding steroid dienone is 3. The molecule has 1 aliphatic rings. The van der Waals surface area contributed by atoms with Gasteiger partial charge in [0.15, 0.2) is 0 Å². The lowest BCUT2D eigenvalue weighted by Crippen LogP contribution is -2.06. The van der Waals surface area contributed by atoms with Gasteiger partial charge in [-0.25, -0.2) is 0 Å². The van der Waals surface area contributed by atoms with Crippen LogP contribution in [-0.4, -0.2) is 5.25 Å². The summed E-state index contributed by atoms with van der Waals surface area (Å²) in [5.74, 6) is 0. The Morgan fingerprint density at radius 1 is 1.28 bits per heavy atom. The highest BCUT2D eigenvalue weighted by Crippen LogP contribution is 2.39. The van der Waals surface area contributed by atoms with Crippen LogP contribution in [-0.2, 0) is 0 Å². The number of thioether (sulfide) groups is 1. The molecule has 0 aromatic heterocycles. The van der Waals surface area contributed by atoms with Crippen molar-refractivity contribution < 1.29 is 0 Å². The van der Waals surface area contributed by atoms with E-state index in [-0.39, 0.29) is 0 Å². The van der Waals surface area contributed by atoms with E-state index in [4.69, 9.17) is 0 Å². The summed E-state index contributed by atoms with van der Waals surface area (Å²) in [6, 6.07) is 10.5. The van der Waals surface area contributed by atoms with Crippen LogP contribution in [0.2, 0.25) is 0 Å². The number of nitriles is 1. The molecule has 1 heterocycles. The summed E-state index contributed by atoms with van der Waals surface area (Å²) in [5.41, 5.74) is 4.69. The third kappa shape index (κ3) is 2.68. The lowest BCUT2D eigenvalue weighted by molar-refractivity contribution is 0.965. The minimum Gasteiger partial charge on any atom is -0.192 e. The predicted octanol–water partition coefficient (Wildman–Crippen LogP) is 4.81. The highest BCUT2D eigenvalue weighted by molar-refractivity contribution is 8.00. The Balaban J connectivity index is 2.31. The van der Waals surface area contributed by atoms with Gasteiger partial charge in [-0.2, -0.15) is 5.26 Å². The van der Waals surface area contributed by atoms with E-state index in [9.17, 15) is 5.26 Å². The Morgan fingerprint density at radius 3 is 2.67 bits per heavy atom. The zero-order valence-corrected chi connectivity index (χ0v) is 11.8. The normalized spacial score (nSPS) is 17.4. The van der Waals surface area contributed by atoms with Crippen LogP contribution in [0.25, 0.3) is 5.57 Å². The SMILES string of the molecule is CC(C)=C(C)CC1C=C(C#N)c2ccccc2S1. The van der Waals surface area contributed by atoms with Gasteiger partial charge in [-0.3, -0.25) is 0 Å². The van der Waals surface area contributed by atoms with Gasteiger partial charge in [-0.1, -0.05) is 35.4 Å². The summed E-state index contributed by atoms with van der Waals surface area (Å²) in [4.78, 5) is 1.23. The minimum atomic E-state index is 0.379. The Kier molecular flexibility index (Phi) is 3.93. The van der Waals surface area contributed by atoms with Gasteiger partial charge in [0.05, 0.1) is 11.6 Å². The maximum absolute atomic E-state index is 9.26. The fraction of sp³-hybridized carbons (Fsp3) is 0.312. The zero-order chi connectivity index (χ0) is 13.1. The van der Waals surface area contributed by atoms with Gasteiger partial charge in [0.25, 0.3) is 0 Å². The standard InChI is InChI=1S/C16H17NS/c1-11(2)12(3)8-14-9-13(10-17)15-6-4-5-7-16(15)18-14/h4-7,9,14H,8H2,1-3H3. The molecule has 0 saturated carbocycles. The average molecular weight is 255 g/mol. The second-order valence-corrected chi connectivity index (χ2v) is 6.11. The van der Waals surface area contributed by atoms with Gasteiger partial charge in [-0.05, 0) is 33.3 Å². The summed E-state index contributed by atoms with van der Waals surface area (Å²) in [6.07, 6.45) is 3.13. The number of hydrogen-bond acceptors (Lipinski definition) is 2. The monoisotopic (exact) mass is 255 g/mol. The third-order valence-corrected chi connectivity index (χ3v) is 4.50. The number of hydrogen-bond donors (Lipinski definition) is 0. The highest BCUT2D eigenvalue weighted by atomic mass is 32.2. The predicted molar refractivity (Wildman–Crippen MR) is 78.3 cm³/mol. The second kappa shape index (κ2) is 5.46. The first-order chi connectivity index (χ1) is 8.61. The largest absolute Gasteiger partial charge is 0.192 e. The quantitative estimate of drug-likeness (QED) is 0.708. The van der Waals surface area contributed by atoms with Gasteiger partial charge < -0.3 is 0 Å². The molecule has 0 aliphatic carbocycles. The van der Waals surface area contributed by atoms with Crippen molar-refractivity contribution in [2.75, 3.05) is 0 Å². The molecule has 92 valence electrons.